The van der Waals surface area contributed by atoms with Crippen molar-refractivity contribution in [1.29, 1.82) is 0 Å². The maximum absolute atomic E-state index is 6.08. The lowest BCUT2D eigenvalue weighted by Gasteiger charge is -2.23. The van der Waals surface area contributed by atoms with Crippen molar-refractivity contribution in [3.8, 4) is 5.75 Å². The van der Waals surface area contributed by atoms with Crippen LogP contribution in [0.4, 0.5) is 0 Å². The first-order valence-electron chi connectivity index (χ1n) is 7.93. The smallest absolute Gasteiger partial charge is 0.123 e. The lowest BCUT2D eigenvalue weighted by atomic mass is 9.86. The van der Waals surface area contributed by atoms with Crippen molar-refractivity contribution in [3.63, 3.8) is 0 Å². The van der Waals surface area contributed by atoms with E-state index in [1.54, 1.807) is 0 Å². The van der Waals surface area contributed by atoms with Crippen molar-refractivity contribution in [2.45, 2.75) is 52.4 Å². The Kier molecular flexibility index (Phi) is 5.09. The molecule has 0 saturated carbocycles. The van der Waals surface area contributed by atoms with E-state index in [4.69, 9.17) is 4.74 Å². The van der Waals surface area contributed by atoms with Crippen molar-refractivity contribution >= 4 is 0 Å². The molecule has 0 bridgehead atoms. The lowest BCUT2D eigenvalue weighted by Crippen LogP contribution is -2.22. The number of benzene rings is 1. The molecule has 112 valence electrons. The highest BCUT2D eigenvalue weighted by Crippen LogP contribution is 2.32. The van der Waals surface area contributed by atoms with Crippen LogP contribution in [0.1, 0.15) is 51.2 Å². The molecule has 1 aliphatic rings. The van der Waals surface area contributed by atoms with E-state index in [9.17, 15) is 0 Å². The minimum absolute atomic E-state index is 0.137. The van der Waals surface area contributed by atoms with E-state index >= 15 is 0 Å². The van der Waals surface area contributed by atoms with Crippen molar-refractivity contribution < 1.29 is 4.74 Å². The second-order valence-corrected chi connectivity index (χ2v) is 7.00. The Morgan fingerprint density at radius 3 is 2.50 bits per heavy atom. The van der Waals surface area contributed by atoms with Crippen molar-refractivity contribution in [3.05, 3.63) is 29.3 Å². The number of hydrogen-bond donors (Lipinski definition) is 0. The number of ether oxygens (including phenoxy) is 1. The zero-order valence-electron chi connectivity index (χ0n) is 13.5. The Balaban J connectivity index is 1.89. The highest BCUT2D eigenvalue weighted by Gasteiger charge is 2.19. The Bertz CT molecular complexity index is 428. The highest BCUT2D eigenvalue weighted by atomic mass is 16.5. The normalized spacial score (nSPS) is 16.6. The van der Waals surface area contributed by atoms with Crippen LogP contribution in [-0.4, -0.2) is 31.1 Å². The Labute approximate surface area is 124 Å². The van der Waals surface area contributed by atoms with E-state index in [1.165, 1.54) is 43.6 Å². The standard InChI is InChI=1S/C18H29NO/c1-15-8-9-16(18(2,3)4)17(14-15)20-13-7-12-19-10-5-6-11-19/h8-9,14H,5-7,10-13H2,1-4H3. The summed E-state index contributed by atoms with van der Waals surface area (Å²) in [6, 6.07) is 6.57. The third-order valence-corrected chi connectivity index (χ3v) is 4.02. The average molecular weight is 275 g/mol. The second kappa shape index (κ2) is 6.62. The fraction of sp³-hybridized carbons (Fsp3) is 0.667. The van der Waals surface area contributed by atoms with E-state index in [1.807, 2.05) is 0 Å². The zero-order chi connectivity index (χ0) is 14.6. The van der Waals surface area contributed by atoms with Gasteiger partial charge in [0.2, 0.25) is 0 Å². The predicted octanol–water partition coefficient (Wildman–Crippen LogP) is 4.16. The molecule has 0 amide bonds. The summed E-state index contributed by atoms with van der Waals surface area (Å²) in [7, 11) is 0. The molecule has 2 heteroatoms. The summed E-state index contributed by atoms with van der Waals surface area (Å²) >= 11 is 0. The van der Waals surface area contributed by atoms with Crippen molar-refractivity contribution in [2.24, 2.45) is 0 Å². The third kappa shape index (κ3) is 4.24. The number of likely N-dealkylation sites (tertiary alicyclic amines) is 1. The largest absolute Gasteiger partial charge is 0.493 e. The SMILES string of the molecule is Cc1ccc(C(C)(C)C)c(OCCCN2CCCC2)c1. The van der Waals surface area contributed by atoms with Crippen molar-refractivity contribution in [1.82, 2.24) is 4.90 Å². The molecule has 0 N–H and O–H groups in total. The molecule has 1 aromatic carbocycles. The van der Waals surface area contributed by atoms with Gasteiger partial charge in [-0.1, -0.05) is 32.9 Å². The van der Waals surface area contributed by atoms with Gasteiger partial charge >= 0.3 is 0 Å². The topological polar surface area (TPSA) is 12.5 Å². The zero-order valence-corrected chi connectivity index (χ0v) is 13.5. The lowest BCUT2D eigenvalue weighted by molar-refractivity contribution is 0.259. The van der Waals surface area contributed by atoms with Crippen LogP contribution in [0.3, 0.4) is 0 Å². The summed E-state index contributed by atoms with van der Waals surface area (Å²) in [5.74, 6) is 1.07. The summed E-state index contributed by atoms with van der Waals surface area (Å²) in [6.07, 6.45) is 3.86. The van der Waals surface area contributed by atoms with Crippen LogP contribution in [0.5, 0.6) is 5.75 Å². The molecular formula is C18H29NO. The molecule has 0 unspecified atom stereocenters. The summed E-state index contributed by atoms with van der Waals surface area (Å²) in [5.41, 5.74) is 2.72. The molecule has 1 aliphatic heterocycles. The van der Waals surface area contributed by atoms with Gasteiger partial charge in [0.1, 0.15) is 5.75 Å². The van der Waals surface area contributed by atoms with Gasteiger partial charge in [0.25, 0.3) is 0 Å². The number of rotatable bonds is 5. The predicted molar refractivity (Wildman–Crippen MR) is 85.7 cm³/mol. The van der Waals surface area contributed by atoms with E-state index in [-0.39, 0.29) is 5.41 Å². The fourth-order valence-electron chi connectivity index (χ4n) is 2.85. The minimum atomic E-state index is 0.137. The quantitative estimate of drug-likeness (QED) is 0.748. The monoisotopic (exact) mass is 275 g/mol. The molecule has 2 nitrogen and oxygen atoms in total. The van der Waals surface area contributed by atoms with Crippen molar-refractivity contribution in [2.75, 3.05) is 26.2 Å². The first-order chi connectivity index (χ1) is 9.47. The molecule has 1 fully saturated rings. The summed E-state index contributed by atoms with van der Waals surface area (Å²) in [4.78, 5) is 2.55. The molecule has 2 rings (SSSR count). The van der Waals surface area contributed by atoms with Crippen LogP contribution >= 0.6 is 0 Å². The second-order valence-electron chi connectivity index (χ2n) is 7.00. The van der Waals surface area contributed by atoms with Gasteiger partial charge in [-0.2, -0.15) is 0 Å². The molecule has 0 atom stereocenters. The first-order valence-corrected chi connectivity index (χ1v) is 7.93. The van der Waals surface area contributed by atoms with Crippen LogP contribution in [0.25, 0.3) is 0 Å². The van der Waals surface area contributed by atoms with Gasteiger partial charge in [0.05, 0.1) is 6.61 Å². The molecule has 1 saturated heterocycles. The van der Waals surface area contributed by atoms with Gasteiger partial charge in [-0.3, -0.25) is 0 Å². The maximum Gasteiger partial charge on any atom is 0.123 e. The molecule has 0 aliphatic carbocycles. The van der Waals surface area contributed by atoms with Crippen LogP contribution in [0.15, 0.2) is 18.2 Å². The van der Waals surface area contributed by atoms with Crippen LogP contribution < -0.4 is 4.74 Å². The van der Waals surface area contributed by atoms with E-state index in [0.717, 1.165) is 18.8 Å². The summed E-state index contributed by atoms with van der Waals surface area (Å²) in [5, 5.41) is 0. The first kappa shape index (κ1) is 15.4. The van der Waals surface area contributed by atoms with E-state index in [0.29, 0.717) is 0 Å². The van der Waals surface area contributed by atoms with Gasteiger partial charge in [-0.05, 0) is 61.9 Å². The molecule has 0 aromatic heterocycles. The van der Waals surface area contributed by atoms with Gasteiger partial charge in [0, 0.05) is 6.54 Å². The Morgan fingerprint density at radius 1 is 1.15 bits per heavy atom. The van der Waals surface area contributed by atoms with Crippen LogP contribution in [0, 0.1) is 6.92 Å². The van der Waals surface area contributed by atoms with Gasteiger partial charge < -0.3 is 9.64 Å². The van der Waals surface area contributed by atoms with Gasteiger partial charge in [0.15, 0.2) is 0 Å². The van der Waals surface area contributed by atoms with Gasteiger partial charge in [-0.25, -0.2) is 0 Å². The molecule has 0 radical (unpaired) electrons. The third-order valence-electron chi connectivity index (χ3n) is 4.02. The molecule has 1 aromatic rings. The Hall–Kier alpha value is -1.02. The molecule has 0 spiro atoms. The summed E-state index contributed by atoms with van der Waals surface area (Å²) < 4.78 is 6.08. The molecular weight excluding hydrogens is 246 g/mol. The number of hydrogen-bond acceptors (Lipinski definition) is 2. The van der Waals surface area contributed by atoms with Gasteiger partial charge in [-0.15, -0.1) is 0 Å². The highest BCUT2D eigenvalue weighted by molar-refractivity contribution is 5.41. The van der Waals surface area contributed by atoms with E-state index in [2.05, 4.69) is 50.8 Å². The van der Waals surface area contributed by atoms with Crippen LogP contribution in [0.2, 0.25) is 0 Å². The minimum Gasteiger partial charge on any atom is -0.493 e. The number of nitrogens with zero attached hydrogens (tertiary/aromatic N) is 1. The average Bonchev–Trinajstić information content (AvgIpc) is 2.86. The van der Waals surface area contributed by atoms with Crippen LogP contribution in [-0.2, 0) is 5.41 Å². The maximum atomic E-state index is 6.08. The summed E-state index contributed by atoms with van der Waals surface area (Å²) in [6.45, 7) is 13.4. The molecule has 1 heterocycles. The fourth-order valence-corrected chi connectivity index (χ4v) is 2.85. The van der Waals surface area contributed by atoms with E-state index < -0.39 is 0 Å². The number of aryl methyl sites for hydroxylation is 1. The Morgan fingerprint density at radius 2 is 1.85 bits per heavy atom. The molecule has 20 heavy (non-hydrogen) atoms.